The standard InChI is InChI=1S/C27H28N2O/c1-5-9-19-12-13-20-14-15-24-25(21(20)17-19)28-18-27(30-24)26(3,4)22-10-7-8-11-23(22)29(27)16-6-2/h5,7-8,10-15,17-18H,1,6,9,16H2,2-4H3. The topological polar surface area (TPSA) is 24.8 Å². The Bertz CT molecular complexity index is 1180. The first-order valence-corrected chi connectivity index (χ1v) is 10.8. The van der Waals surface area contributed by atoms with Crippen molar-refractivity contribution in [3.8, 4) is 5.75 Å². The van der Waals surface area contributed by atoms with Crippen molar-refractivity contribution in [2.24, 2.45) is 4.99 Å². The first kappa shape index (κ1) is 18.9. The third-order valence-corrected chi connectivity index (χ3v) is 6.65. The van der Waals surface area contributed by atoms with Crippen molar-refractivity contribution in [2.75, 3.05) is 11.4 Å². The molecule has 0 fully saturated rings. The van der Waals surface area contributed by atoms with Gasteiger partial charge in [0.2, 0.25) is 5.72 Å². The van der Waals surface area contributed by atoms with E-state index in [0.29, 0.717) is 0 Å². The van der Waals surface area contributed by atoms with Gasteiger partial charge in [-0.15, -0.1) is 6.58 Å². The molecule has 2 heterocycles. The lowest BCUT2D eigenvalue weighted by atomic mass is 9.77. The van der Waals surface area contributed by atoms with Gasteiger partial charge in [0, 0.05) is 17.6 Å². The summed E-state index contributed by atoms with van der Waals surface area (Å²) in [6.07, 6.45) is 5.87. The summed E-state index contributed by atoms with van der Waals surface area (Å²) >= 11 is 0. The minimum atomic E-state index is -0.633. The summed E-state index contributed by atoms with van der Waals surface area (Å²) in [4.78, 5) is 7.45. The Hall–Kier alpha value is -3.07. The molecule has 0 bridgehead atoms. The zero-order chi connectivity index (χ0) is 20.9. The molecule has 1 spiro atoms. The highest BCUT2D eigenvalue weighted by Gasteiger charge is 2.59. The van der Waals surface area contributed by atoms with Crippen LogP contribution in [0.15, 0.2) is 72.2 Å². The third kappa shape index (κ3) is 2.48. The average molecular weight is 397 g/mol. The van der Waals surface area contributed by atoms with Crippen LogP contribution >= 0.6 is 0 Å². The van der Waals surface area contributed by atoms with E-state index in [1.807, 2.05) is 12.3 Å². The van der Waals surface area contributed by atoms with Gasteiger partial charge in [-0.1, -0.05) is 49.4 Å². The first-order valence-electron chi connectivity index (χ1n) is 10.8. The highest BCUT2D eigenvalue weighted by molar-refractivity contribution is 6.00. The van der Waals surface area contributed by atoms with Gasteiger partial charge in [0.25, 0.3) is 0 Å². The molecule has 152 valence electrons. The molecule has 0 aromatic heterocycles. The SMILES string of the molecule is C=CCc1ccc2ccc3c(c2c1)N=CC1(O3)N(CCC)c2ccccc2C1(C)C. The lowest BCUT2D eigenvalue weighted by Crippen LogP contribution is -2.62. The van der Waals surface area contributed by atoms with Crippen LogP contribution in [-0.4, -0.2) is 18.5 Å². The highest BCUT2D eigenvalue weighted by Crippen LogP contribution is 2.54. The number of ether oxygens (including phenoxy) is 1. The number of nitrogens with zero attached hydrogens (tertiary/aromatic N) is 2. The molecular weight excluding hydrogens is 368 g/mol. The van der Waals surface area contributed by atoms with Gasteiger partial charge in [-0.05, 0) is 61.4 Å². The molecule has 0 N–H and O–H groups in total. The van der Waals surface area contributed by atoms with Crippen LogP contribution in [0.4, 0.5) is 11.4 Å². The number of benzene rings is 3. The average Bonchev–Trinajstić information content (AvgIpc) is 2.93. The number of fused-ring (bicyclic) bond motifs is 4. The van der Waals surface area contributed by atoms with Gasteiger partial charge < -0.3 is 9.64 Å². The monoisotopic (exact) mass is 396 g/mol. The molecule has 0 aliphatic carbocycles. The van der Waals surface area contributed by atoms with Crippen LogP contribution in [0.2, 0.25) is 0 Å². The molecule has 30 heavy (non-hydrogen) atoms. The summed E-state index contributed by atoms with van der Waals surface area (Å²) in [5.74, 6) is 0.850. The zero-order valence-electron chi connectivity index (χ0n) is 18.0. The van der Waals surface area contributed by atoms with E-state index in [0.717, 1.165) is 36.2 Å². The van der Waals surface area contributed by atoms with E-state index in [1.54, 1.807) is 0 Å². The Labute approximate surface area is 178 Å². The van der Waals surface area contributed by atoms with Crippen molar-refractivity contribution in [2.45, 2.75) is 44.8 Å². The maximum absolute atomic E-state index is 6.91. The Balaban J connectivity index is 1.68. The smallest absolute Gasteiger partial charge is 0.228 e. The van der Waals surface area contributed by atoms with E-state index in [1.165, 1.54) is 22.2 Å². The molecule has 3 heteroatoms. The molecule has 3 aromatic carbocycles. The summed E-state index contributed by atoms with van der Waals surface area (Å²) in [7, 11) is 0. The molecule has 1 atom stereocenters. The number of anilines is 1. The van der Waals surface area contributed by atoms with E-state index >= 15 is 0 Å². The largest absolute Gasteiger partial charge is 0.459 e. The molecule has 3 aromatic rings. The molecule has 0 amide bonds. The number of hydrogen-bond acceptors (Lipinski definition) is 3. The van der Waals surface area contributed by atoms with Crippen LogP contribution in [0.1, 0.15) is 38.3 Å². The number of aliphatic imine (C=N–C) groups is 1. The maximum Gasteiger partial charge on any atom is 0.228 e. The molecular formula is C27H28N2O. The van der Waals surface area contributed by atoms with Gasteiger partial charge in [-0.3, -0.25) is 4.99 Å². The van der Waals surface area contributed by atoms with Gasteiger partial charge in [0.15, 0.2) is 0 Å². The van der Waals surface area contributed by atoms with Crippen LogP contribution in [0.5, 0.6) is 5.75 Å². The summed E-state index contributed by atoms with van der Waals surface area (Å²) in [5, 5.41) is 2.31. The molecule has 3 nitrogen and oxygen atoms in total. The van der Waals surface area contributed by atoms with E-state index in [9.17, 15) is 0 Å². The van der Waals surface area contributed by atoms with Crippen molar-refractivity contribution >= 4 is 28.4 Å². The summed E-state index contributed by atoms with van der Waals surface area (Å²) in [6.45, 7) is 11.5. The van der Waals surface area contributed by atoms with Gasteiger partial charge in [-0.2, -0.15) is 0 Å². The quantitative estimate of drug-likeness (QED) is 0.466. The molecule has 1 unspecified atom stereocenters. The predicted octanol–water partition coefficient (Wildman–Crippen LogP) is 6.57. The zero-order valence-corrected chi connectivity index (χ0v) is 18.0. The Kier molecular flexibility index (Phi) is 4.25. The predicted molar refractivity (Wildman–Crippen MR) is 126 cm³/mol. The van der Waals surface area contributed by atoms with Crippen molar-refractivity contribution < 1.29 is 4.74 Å². The molecule has 5 rings (SSSR count). The fourth-order valence-electron chi connectivity index (χ4n) is 5.06. The normalized spacial score (nSPS) is 20.8. The van der Waals surface area contributed by atoms with Crippen molar-refractivity contribution in [3.05, 3.63) is 78.4 Å². The lowest BCUT2D eigenvalue weighted by molar-refractivity contribution is 0.0778. The Morgan fingerprint density at radius 3 is 2.70 bits per heavy atom. The van der Waals surface area contributed by atoms with Crippen LogP contribution < -0.4 is 9.64 Å². The van der Waals surface area contributed by atoms with E-state index < -0.39 is 5.72 Å². The summed E-state index contributed by atoms with van der Waals surface area (Å²) < 4.78 is 6.91. The lowest BCUT2D eigenvalue weighted by Gasteiger charge is -2.46. The van der Waals surface area contributed by atoms with Crippen molar-refractivity contribution in [1.29, 1.82) is 0 Å². The highest BCUT2D eigenvalue weighted by atomic mass is 16.5. The summed E-state index contributed by atoms with van der Waals surface area (Å²) in [5.41, 5.74) is 3.84. The van der Waals surface area contributed by atoms with Crippen molar-refractivity contribution in [3.63, 3.8) is 0 Å². The van der Waals surface area contributed by atoms with Gasteiger partial charge in [-0.25, -0.2) is 0 Å². The number of hydrogen-bond donors (Lipinski definition) is 0. The summed E-state index contributed by atoms with van der Waals surface area (Å²) in [6, 6.07) is 19.4. The second kappa shape index (κ2) is 6.73. The van der Waals surface area contributed by atoms with E-state index in [2.05, 4.69) is 86.8 Å². The third-order valence-electron chi connectivity index (χ3n) is 6.65. The van der Waals surface area contributed by atoms with E-state index in [4.69, 9.17) is 9.73 Å². The molecule has 0 saturated heterocycles. The fraction of sp³-hybridized carbons (Fsp3) is 0.296. The Morgan fingerprint density at radius 1 is 1.10 bits per heavy atom. The molecule has 0 radical (unpaired) electrons. The molecule has 2 aliphatic rings. The fourth-order valence-corrected chi connectivity index (χ4v) is 5.06. The minimum absolute atomic E-state index is 0.237. The van der Waals surface area contributed by atoms with E-state index in [-0.39, 0.29) is 5.41 Å². The van der Waals surface area contributed by atoms with Gasteiger partial charge in [0.1, 0.15) is 11.4 Å². The molecule has 2 aliphatic heterocycles. The van der Waals surface area contributed by atoms with Gasteiger partial charge in [0.05, 0.1) is 11.6 Å². The van der Waals surface area contributed by atoms with Crippen LogP contribution in [0.3, 0.4) is 0 Å². The number of allylic oxidation sites excluding steroid dienone is 1. The first-order chi connectivity index (χ1) is 14.5. The number of rotatable bonds is 4. The van der Waals surface area contributed by atoms with Crippen LogP contribution in [0, 0.1) is 0 Å². The molecule has 0 saturated carbocycles. The Morgan fingerprint density at radius 2 is 1.90 bits per heavy atom. The second-order valence-electron chi connectivity index (χ2n) is 8.81. The minimum Gasteiger partial charge on any atom is -0.459 e. The van der Waals surface area contributed by atoms with Crippen LogP contribution in [-0.2, 0) is 11.8 Å². The van der Waals surface area contributed by atoms with Crippen molar-refractivity contribution in [1.82, 2.24) is 0 Å². The number of para-hydroxylation sites is 1. The second-order valence-corrected chi connectivity index (χ2v) is 8.81. The van der Waals surface area contributed by atoms with Crippen LogP contribution in [0.25, 0.3) is 10.8 Å². The maximum atomic E-state index is 6.91. The van der Waals surface area contributed by atoms with Gasteiger partial charge >= 0.3 is 0 Å².